The van der Waals surface area contributed by atoms with E-state index in [1.165, 1.54) is 0 Å². The lowest BCUT2D eigenvalue weighted by molar-refractivity contribution is -0.135. The van der Waals surface area contributed by atoms with Gasteiger partial charge in [-0.25, -0.2) is 5.84 Å². The third-order valence-electron chi connectivity index (χ3n) is 2.01. The van der Waals surface area contributed by atoms with Crippen LogP contribution >= 0.6 is 0 Å². The number of rotatable bonds is 1. The summed E-state index contributed by atoms with van der Waals surface area (Å²) in [6.07, 6.45) is 3.04. The van der Waals surface area contributed by atoms with Gasteiger partial charge in [0.2, 0.25) is 5.91 Å². The number of hydrogen-bond donors (Lipinski definition) is 2. The number of nitrogens with two attached hydrogens (primary N) is 1. The minimum atomic E-state index is -0.478. The van der Waals surface area contributed by atoms with E-state index in [0.29, 0.717) is 12.8 Å². The molecule has 0 aromatic carbocycles. The zero-order valence-corrected chi connectivity index (χ0v) is 6.30. The molecule has 11 heavy (non-hydrogen) atoms. The summed E-state index contributed by atoms with van der Waals surface area (Å²) < 4.78 is 0. The van der Waals surface area contributed by atoms with Gasteiger partial charge in [-0.1, -0.05) is 6.42 Å². The molecule has 1 fully saturated rings. The first-order valence-corrected chi connectivity index (χ1v) is 3.79. The zero-order chi connectivity index (χ0) is 8.27. The van der Waals surface area contributed by atoms with Gasteiger partial charge in [-0.15, -0.1) is 0 Å². The minimum absolute atomic E-state index is 0.0270. The van der Waals surface area contributed by atoms with Crippen LogP contribution in [0.3, 0.4) is 0 Å². The monoisotopic (exact) mass is 156 g/mol. The van der Waals surface area contributed by atoms with Crippen LogP contribution in [0, 0.1) is 5.92 Å². The first-order chi connectivity index (χ1) is 5.25. The smallest absolute Gasteiger partial charge is 0.244 e. The van der Waals surface area contributed by atoms with E-state index < -0.39 is 5.92 Å². The van der Waals surface area contributed by atoms with Gasteiger partial charge in [0.15, 0.2) is 0 Å². The predicted molar refractivity (Wildman–Crippen MR) is 39.3 cm³/mol. The molecule has 4 heteroatoms. The molecule has 0 aliphatic heterocycles. The molecular formula is C7H12N2O2. The number of amides is 1. The summed E-state index contributed by atoms with van der Waals surface area (Å²) in [6, 6.07) is 0. The molecule has 3 N–H and O–H groups in total. The number of hydrogen-bond acceptors (Lipinski definition) is 3. The molecule has 0 spiro atoms. The second-order valence-electron chi connectivity index (χ2n) is 2.77. The molecule has 1 unspecified atom stereocenters. The van der Waals surface area contributed by atoms with Crippen LogP contribution in [0.4, 0.5) is 0 Å². The van der Waals surface area contributed by atoms with Crippen molar-refractivity contribution in [1.29, 1.82) is 0 Å². The van der Waals surface area contributed by atoms with Crippen LogP contribution in [0.5, 0.6) is 0 Å². The third kappa shape index (κ3) is 1.77. The molecule has 1 saturated carbocycles. The fourth-order valence-corrected chi connectivity index (χ4v) is 1.36. The standard InChI is InChI=1S/C7H12N2O2/c8-9-7(11)5-3-1-2-4-6(5)10/h5H,1-4,8H2,(H,9,11). The molecular weight excluding hydrogens is 144 g/mol. The van der Waals surface area contributed by atoms with Crippen molar-refractivity contribution in [3.05, 3.63) is 0 Å². The van der Waals surface area contributed by atoms with Gasteiger partial charge in [0, 0.05) is 6.42 Å². The molecule has 1 aliphatic rings. The highest BCUT2D eigenvalue weighted by Gasteiger charge is 2.27. The topological polar surface area (TPSA) is 72.2 Å². The van der Waals surface area contributed by atoms with Crippen molar-refractivity contribution in [2.24, 2.45) is 11.8 Å². The largest absolute Gasteiger partial charge is 0.299 e. The quantitative estimate of drug-likeness (QED) is 0.238. The van der Waals surface area contributed by atoms with E-state index in [9.17, 15) is 9.59 Å². The van der Waals surface area contributed by atoms with Crippen molar-refractivity contribution in [2.45, 2.75) is 25.7 Å². The Morgan fingerprint density at radius 3 is 2.82 bits per heavy atom. The summed E-state index contributed by atoms with van der Waals surface area (Å²) in [5, 5.41) is 0. The van der Waals surface area contributed by atoms with Crippen LogP contribution in [0.25, 0.3) is 0 Å². The van der Waals surface area contributed by atoms with Crippen LogP contribution in [0.2, 0.25) is 0 Å². The van der Waals surface area contributed by atoms with Crippen LogP contribution in [-0.2, 0) is 9.59 Å². The molecule has 1 aliphatic carbocycles. The van der Waals surface area contributed by atoms with E-state index in [1.807, 2.05) is 5.43 Å². The van der Waals surface area contributed by atoms with Gasteiger partial charge in [0.1, 0.15) is 5.78 Å². The van der Waals surface area contributed by atoms with E-state index in [-0.39, 0.29) is 11.7 Å². The van der Waals surface area contributed by atoms with E-state index >= 15 is 0 Å². The summed E-state index contributed by atoms with van der Waals surface area (Å²) in [5.41, 5.74) is 2.01. The van der Waals surface area contributed by atoms with E-state index in [1.54, 1.807) is 0 Å². The van der Waals surface area contributed by atoms with Crippen molar-refractivity contribution in [1.82, 2.24) is 5.43 Å². The van der Waals surface area contributed by atoms with Crippen LogP contribution in [0.15, 0.2) is 0 Å². The summed E-state index contributed by atoms with van der Waals surface area (Å²) in [5.74, 6) is 4.12. The number of ketones is 1. The van der Waals surface area contributed by atoms with Gasteiger partial charge in [0.25, 0.3) is 0 Å². The molecule has 0 heterocycles. The van der Waals surface area contributed by atoms with Gasteiger partial charge in [-0.2, -0.15) is 0 Å². The average Bonchev–Trinajstić information content (AvgIpc) is 2.04. The number of Topliss-reactive ketones (excluding diaryl/α,β-unsaturated/α-hetero) is 1. The Bertz CT molecular complexity index is 171. The number of nitrogens with one attached hydrogen (secondary N) is 1. The van der Waals surface area contributed by atoms with Crippen molar-refractivity contribution < 1.29 is 9.59 Å². The van der Waals surface area contributed by atoms with E-state index in [0.717, 1.165) is 12.8 Å². The second-order valence-corrected chi connectivity index (χ2v) is 2.77. The summed E-state index contributed by atoms with van der Waals surface area (Å²) in [7, 11) is 0. The van der Waals surface area contributed by atoms with Crippen LogP contribution < -0.4 is 11.3 Å². The number of carbonyl (C=O) groups is 2. The van der Waals surface area contributed by atoms with Gasteiger partial charge in [-0.3, -0.25) is 15.0 Å². The van der Waals surface area contributed by atoms with Crippen molar-refractivity contribution in [3.8, 4) is 0 Å². The fourth-order valence-electron chi connectivity index (χ4n) is 1.36. The molecule has 0 aromatic rings. The summed E-state index contributed by atoms with van der Waals surface area (Å²) >= 11 is 0. The molecule has 62 valence electrons. The van der Waals surface area contributed by atoms with Gasteiger partial charge in [0.05, 0.1) is 5.92 Å². The lowest BCUT2D eigenvalue weighted by atomic mass is 9.87. The molecule has 0 bridgehead atoms. The Hall–Kier alpha value is -0.900. The highest BCUT2D eigenvalue weighted by molar-refractivity contribution is 6.01. The van der Waals surface area contributed by atoms with Crippen molar-refractivity contribution >= 4 is 11.7 Å². The Morgan fingerprint density at radius 2 is 2.27 bits per heavy atom. The van der Waals surface area contributed by atoms with Gasteiger partial charge < -0.3 is 0 Å². The lowest BCUT2D eigenvalue weighted by Crippen LogP contribution is -2.40. The maximum atomic E-state index is 11.1. The zero-order valence-electron chi connectivity index (χ0n) is 6.30. The van der Waals surface area contributed by atoms with Gasteiger partial charge in [-0.05, 0) is 12.8 Å². The minimum Gasteiger partial charge on any atom is -0.299 e. The Balaban J connectivity index is 2.54. The maximum Gasteiger partial charge on any atom is 0.244 e. The number of carbonyl (C=O) groups excluding carboxylic acids is 2. The highest BCUT2D eigenvalue weighted by Crippen LogP contribution is 2.20. The lowest BCUT2D eigenvalue weighted by Gasteiger charge is -2.17. The fraction of sp³-hybridized carbons (Fsp3) is 0.714. The second kappa shape index (κ2) is 3.48. The molecule has 4 nitrogen and oxygen atoms in total. The molecule has 1 rings (SSSR count). The number of hydrazine groups is 1. The highest BCUT2D eigenvalue weighted by atomic mass is 16.2. The van der Waals surface area contributed by atoms with E-state index in [2.05, 4.69) is 0 Å². The summed E-state index contributed by atoms with van der Waals surface area (Å²) in [6.45, 7) is 0. The SMILES string of the molecule is NNC(=O)C1CCCCC1=O. The van der Waals surface area contributed by atoms with Crippen LogP contribution in [-0.4, -0.2) is 11.7 Å². The van der Waals surface area contributed by atoms with Crippen molar-refractivity contribution in [3.63, 3.8) is 0 Å². The average molecular weight is 156 g/mol. The van der Waals surface area contributed by atoms with E-state index in [4.69, 9.17) is 5.84 Å². The molecule has 1 atom stereocenters. The first-order valence-electron chi connectivity index (χ1n) is 3.79. The predicted octanol–water partition coefficient (Wildman–Crippen LogP) is -0.264. The normalized spacial score (nSPS) is 24.8. The molecule has 0 aromatic heterocycles. The molecule has 0 saturated heterocycles. The molecule has 0 radical (unpaired) electrons. The Morgan fingerprint density at radius 1 is 1.55 bits per heavy atom. The van der Waals surface area contributed by atoms with Crippen LogP contribution in [0.1, 0.15) is 25.7 Å². The third-order valence-corrected chi connectivity index (χ3v) is 2.01. The summed E-state index contributed by atoms with van der Waals surface area (Å²) in [4.78, 5) is 22.0. The Kier molecular flexibility index (Phi) is 2.59. The molecule has 1 amide bonds. The Labute approximate surface area is 65.1 Å². The van der Waals surface area contributed by atoms with Crippen molar-refractivity contribution in [2.75, 3.05) is 0 Å². The van der Waals surface area contributed by atoms with Gasteiger partial charge >= 0.3 is 0 Å². The maximum absolute atomic E-state index is 11.1. The first kappa shape index (κ1) is 8.20.